The quantitative estimate of drug-likeness (QED) is 0.236. The van der Waals surface area contributed by atoms with Crippen LogP contribution >= 0.6 is 35.6 Å². The molecule has 170 valence electrons. The fraction of sp³-hybridized carbons (Fsp3) is 0.714. The summed E-state index contributed by atoms with van der Waals surface area (Å²) in [6, 6.07) is 4.10. The zero-order chi connectivity index (χ0) is 20.6. The van der Waals surface area contributed by atoms with Crippen molar-refractivity contribution in [2.24, 2.45) is 4.99 Å². The van der Waals surface area contributed by atoms with Gasteiger partial charge in [0.15, 0.2) is 5.96 Å². The van der Waals surface area contributed by atoms with Gasteiger partial charge in [-0.1, -0.05) is 11.6 Å². The van der Waals surface area contributed by atoms with E-state index < -0.39 is 0 Å². The number of aromatic nitrogens is 1. The maximum atomic E-state index is 6.30. The minimum absolute atomic E-state index is 0. The van der Waals surface area contributed by atoms with Gasteiger partial charge in [-0.25, -0.2) is 4.98 Å². The highest BCUT2D eigenvalue weighted by Gasteiger charge is 2.25. The minimum Gasteiger partial charge on any atom is -0.373 e. The van der Waals surface area contributed by atoms with Gasteiger partial charge in [-0.05, 0) is 45.7 Å². The highest BCUT2D eigenvalue weighted by Crippen LogP contribution is 2.25. The average molecular weight is 551 g/mol. The lowest BCUT2D eigenvalue weighted by Gasteiger charge is -2.35. The molecule has 0 bridgehead atoms. The Labute approximate surface area is 203 Å². The standard InChI is InChI=1S/C21H35ClN6O.HI/c1-4-23-21(25-10-6-11-27-13-16(2)29-17(3)14-27)26-18-8-12-28(15-18)20-19(22)7-5-9-24-20;/h5,7,9,16-18H,4,6,8,10-15H2,1-3H3,(H2,23,25,26);1H. The van der Waals surface area contributed by atoms with E-state index in [2.05, 4.69) is 46.2 Å². The maximum absolute atomic E-state index is 6.30. The van der Waals surface area contributed by atoms with Gasteiger partial charge in [0, 0.05) is 58.1 Å². The molecule has 2 aliphatic rings. The maximum Gasteiger partial charge on any atom is 0.191 e. The Hall–Kier alpha value is -0.840. The van der Waals surface area contributed by atoms with Gasteiger partial charge >= 0.3 is 0 Å². The molecule has 3 unspecified atom stereocenters. The predicted molar refractivity (Wildman–Crippen MR) is 135 cm³/mol. The summed E-state index contributed by atoms with van der Waals surface area (Å²) in [4.78, 5) is 14.0. The lowest BCUT2D eigenvalue weighted by molar-refractivity contribution is -0.0679. The van der Waals surface area contributed by atoms with Crippen LogP contribution in [0.5, 0.6) is 0 Å². The van der Waals surface area contributed by atoms with Crippen LogP contribution in [0.3, 0.4) is 0 Å². The fourth-order valence-corrected chi connectivity index (χ4v) is 4.39. The van der Waals surface area contributed by atoms with Crippen LogP contribution in [0.4, 0.5) is 5.82 Å². The zero-order valence-corrected chi connectivity index (χ0v) is 21.4. The van der Waals surface area contributed by atoms with E-state index in [4.69, 9.17) is 21.3 Å². The highest BCUT2D eigenvalue weighted by atomic mass is 127. The van der Waals surface area contributed by atoms with Gasteiger partial charge in [-0.2, -0.15) is 0 Å². The summed E-state index contributed by atoms with van der Waals surface area (Å²) < 4.78 is 5.81. The molecular formula is C21H36ClIN6O. The Morgan fingerprint density at radius 2 is 2.07 bits per heavy atom. The van der Waals surface area contributed by atoms with Crippen LogP contribution in [0.1, 0.15) is 33.6 Å². The van der Waals surface area contributed by atoms with E-state index in [9.17, 15) is 0 Å². The van der Waals surface area contributed by atoms with Crippen LogP contribution in [-0.4, -0.2) is 79.9 Å². The van der Waals surface area contributed by atoms with Crippen molar-refractivity contribution in [3.05, 3.63) is 23.4 Å². The summed E-state index contributed by atoms with van der Waals surface area (Å²) in [5.74, 6) is 1.77. The zero-order valence-electron chi connectivity index (χ0n) is 18.3. The summed E-state index contributed by atoms with van der Waals surface area (Å²) in [6.45, 7) is 13.0. The molecule has 2 aliphatic heterocycles. The van der Waals surface area contributed by atoms with Gasteiger partial charge in [0.25, 0.3) is 0 Å². The number of pyridine rings is 1. The van der Waals surface area contributed by atoms with Gasteiger partial charge in [0.2, 0.25) is 0 Å². The molecule has 0 aromatic carbocycles. The number of halogens is 2. The Morgan fingerprint density at radius 3 is 2.77 bits per heavy atom. The van der Waals surface area contributed by atoms with Crippen molar-refractivity contribution < 1.29 is 4.74 Å². The second-order valence-electron chi connectivity index (χ2n) is 8.02. The molecule has 3 rings (SSSR count). The SMILES string of the molecule is CCNC(=NCCCN1CC(C)OC(C)C1)NC1CCN(c2ncccc2Cl)C1.I. The number of morpholine rings is 1. The van der Waals surface area contributed by atoms with Crippen LogP contribution in [-0.2, 0) is 4.74 Å². The number of hydrogen-bond donors (Lipinski definition) is 2. The number of aliphatic imine (C=N–C) groups is 1. The first-order chi connectivity index (χ1) is 14.0. The molecule has 30 heavy (non-hydrogen) atoms. The monoisotopic (exact) mass is 550 g/mol. The van der Waals surface area contributed by atoms with Crippen LogP contribution < -0.4 is 15.5 Å². The van der Waals surface area contributed by atoms with Crippen molar-refractivity contribution in [2.45, 2.75) is 51.9 Å². The number of ether oxygens (including phenoxy) is 1. The average Bonchev–Trinajstić information content (AvgIpc) is 3.13. The third-order valence-corrected chi connectivity index (χ3v) is 5.60. The van der Waals surface area contributed by atoms with Gasteiger partial charge < -0.3 is 20.3 Å². The largest absolute Gasteiger partial charge is 0.373 e. The summed E-state index contributed by atoms with van der Waals surface area (Å²) >= 11 is 6.30. The minimum atomic E-state index is 0. The normalized spacial score (nSPS) is 25.1. The first-order valence-electron chi connectivity index (χ1n) is 10.8. The summed E-state index contributed by atoms with van der Waals surface area (Å²) in [5.41, 5.74) is 0. The number of guanidine groups is 1. The van der Waals surface area contributed by atoms with Gasteiger partial charge in [0.05, 0.1) is 17.2 Å². The van der Waals surface area contributed by atoms with E-state index in [0.29, 0.717) is 23.3 Å². The lowest BCUT2D eigenvalue weighted by Crippen LogP contribution is -2.46. The molecule has 0 spiro atoms. The molecule has 2 N–H and O–H groups in total. The van der Waals surface area contributed by atoms with E-state index in [1.54, 1.807) is 6.20 Å². The van der Waals surface area contributed by atoms with Crippen LogP contribution in [0.2, 0.25) is 5.02 Å². The first-order valence-corrected chi connectivity index (χ1v) is 11.2. The molecule has 9 heteroatoms. The van der Waals surface area contributed by atoms with Crippen molar-refractivity contribution >= 4 is 47.4 Å². The van der Waals surface area contributed by atoms with Crippen molar-refractivity contribution in [2.75, 3.05) is 50.7 Å². The molecule has 2 fully saturated rings. The molecule has 3 heterocycles. The Balaban J connectivity index is 0.00000320. The summed E-state index contributed by atoms with van der Waals surface area (Å²) in [5, 5.41) is 7.66. The molecule has 0 radical (unpaired) electrons. The molecule has 0 amide bonds. The van der Waals surface area contributed by atoms with Crippen LogP contribution in [0.15, 0.2) is 23.3 Å². The highest BCUT2D eigenvalue weighted by molar-refractivity contribution is 14.0. The lowest BCUT2D eigenvalue weighted by atomic mass is 10.2. The Kier molecular flexibility index (Phi) is 10.9. The molecule has 3 atom stereocenters. The molecule has 1 aromatic rings. The molecular weight excluding hydrogens is 515 g/mol. The van der Waals surface area contributed by atoms with Crippen molar-refractivity contribution in [3.8, 4) is 0 Å². The number of nitrogens with one attached hydrogen (secondary N) is 2. The second-order valence-corrected chi connectivity index (χ2v) is 8.42. The van der Waals surface area contributed by atoms with Crippen molar-refractivity contribution in [1.82, 2.24) is 20.5 Å². The molecule has 2 saturated heterocycles. The van der Waals surface area contributed by atoms with E-state index >= 15 is 0 Å². The topological polar surface area (TPSA) is 65.0 Å². The van der Waals surface area contributed by atoms with E-state index in [0.717, 1.165) is 70.4 Å². The van der Waals surface area contributed by atoms with Gasteiger partial charge in [-0.3, -0.25) is 9.89 Å². The number of anilines is 1. The number of rotatable bonds is 7. The second kappa shape index (κ2) is 12.9. The fourth-order valence-electron chi connectivity index (χ4n) is 4.15. The van der Waals surface area contributed by atoms with Crippen molar-refractivity contribution in [1.29, 1.82) is 0 Å². The third kappa shape index (κ3) is 7.69. The van der Waals surface area contributed by atoms with E-state index in [-0.39, 0.29) is 24.0 Å². The molecule has 7 nitrogen and oxygen atoms in total. The molecule has 0 aliphatic carbocycles. The number of nitrogens with zero attached hydrogens (tertiary/aromatic N) is 4. The summed E-state index contributed by atoms with van der Waals surface area (Å²) in [6.07, 6.45) is 4.53. The van der Waals surface area contributed by atoms with E-state index in [1.807, 2.05) is 12.1 Å². The van der Waals surface area contributed by atoms with Crippen molar-refractivity contribution in [3.63, 3.8) is 0 Å². The van der Waals surface area contributed by atoms with Crippen LogP contribution in [0, 0.1) is 0 Å². The summed E-state index contributed by atoms with van der Waals surface area (Å²) in [7, 11) is 0. The molecule has 0 saturated carbocycles. The van der Waals surface area contributed by atoms with Crippen LogP contribution in [0.25, 0.3) is 0 Å². The van der Waals surface area contributed by atoms with E-state index in [1.165, 1.54) is 0 Å². The van der Waals surface area contributed by atoms with Gasteiger partial charge in [-0.15, -0.1) is 24.0 Å². The van der Waals surface area contributed by atoms with Gasteiger partial charge in [0.1, 0.15) is 5.82 Å². The smallest absolute Gasteiger partial charge is 0.191 e. The Bertz CT molecular complexity index is 669. The predicted octanol–water partition coefficient (Wildman–Crippen LogP) is 2.99. The third-order valence-electron chi connectivity index (χ3n) is 5.31. The number of hydrogen-bond acceptors (Lipinski definition) is 5. The molecule has 1 aromatic heterocycles. The first kappa shape index (κ1) is 25.4. The Morgan fingerprint density at radius 1 is 1.30 bits per heavy atom.